The van der Waals surface area contributed by atoms with Crippen molar-refractivity contribution in [2.45, 2.75) is 10.7 Å². The predicted molar refractivity (Wildman–Crippen MR) is 97.0 cm³/mol. The highest BCUT2D eigenvalue weighted by molar-refractivity contribution is 7.91. The summed E-state index contributed by atoms with van der Waals surface area (Å²) in [7, 11) is -1.93. The van der Waals surface area contributed by atoms with E-state index in [-0.39, 0.29) is 11.8 Å². The Morgan fingerprint density at radius 2 is 1.46 bits per heavy atom. The van der Waals surface area contributed by atoms with Gasteiger partial charge >= 0.3 is 0 Å². The van der Waals surface area contributed by atoms with E-state index in [0.717, 1.165) is 4.31 Å². The largest absolute Gasteiger partial charge is 0.302 e. The van der Waals surface area contributed by atoms with E-state index in [9.17, 15) is 22.8 Å². The van der Waals surface area contributed by atoms with E-state index in [4.69, 9.17) is 0 Å². The Kier molecular flexibility index (Phi) is 5.84. The van der Waals surface area contributed by atoms with Gasteiger partial charge in [-0.3, -0.25) is 4.79 Å². The smallest absolute Gasteiger partial charge is 0.237 e. The molecule has 0 aliphatic carbocycles. The molecular formula is C19H19NO5S. The Labute approximate surface area is 152 Å². The molecule has 2 atom stereocenters. The number of nitrogens with zero attached hydrogens (tertiary/aromatic N) is 1. The maximum Gasteiger partial charge on any atom is 0.237 e. The lowest BCUT2D eigenvalue weighted by molar-refractivity contribution is -0.129. The third kappa shape index (κ3) is 3.11. The van der Waals surface area contributed by atoms with Crippen molar-refractivity contribution in [3.8, 4) is 0 Å². The highest BCUT2D eigenvalue weighted by atomic mass is 32.2. The summed E-state index contributed by atoms with van der Waals surface area (Å²) in [4.78, 5) is 37.1. The summed E-state index contributed by atoms with van der Waals surface area (Å²) in [6.45, 7) is 0. The van der Waals surface area contributed by atoms with Crippen molar-refractivity contribution in [1.82, 2.24) is 4.31 Å². The van der Waals surface area contributed by atoms with E-state index >= 15 is 0 Å². The number of ketones is 1. The summed E-state index contributed by atoms with van der Waals surface area (Å²) < 4.78 is 24.4. The minimum absolute atomic E-state index is 0.00326. The topological polar surface area (TPSA) is 88.6 Å². The zero-order chi connectivity index (χ0) is 19.4. The number of benzene rings is 2. The summed E-state index contributed by atoms with van der Waals surface area (Å²) in [5.41, 5.74) is 0.320. The highest BCUT2D eigenvalue weighted by Crippen LogP contribution is 2.36. The van der Waals surface area contributed by atoms with Gasteiger partial charge in [0.15, 0.2) is 12.1 Å². The van der Waals surface area contributed by atoms with Gasteiger partial charge in [0, 0.05) is 14.1 Å². The van der Waals surface area contributed by atoms with Crippen molar-refractivity contribution in [1.29, 1.82) is 0 Å². The second-order valence-corrected chi connectivity index (χ2v) is 8.22. The van der Waals surface area contributed by atoms with E-state index in [2.05, 4.69) is 0 Å². The van der Waals surface area contributed by atoms with Gasteiger partial charge in [-0.25, -0.2) is 12.7 Å². The van der Waals surface area contributed by atoms with Crippen molar-refractivity contribution in [3.63, 3.8) is 0 Å². The number of rotatable bonds is 8. The predicted octanol–water partition coefficient (Wildman–Crippen LogP) is 1.52. The van der Waals surface area contributed by atoms with Gasteiger partial charge < -0.3 is 9.59 Å². The number of hydrogen-bond donors (Lipinski definition) is 0. The first-order chi connectivity index (χ1) is 12.3. The van der Waals surface area contributed by atoms with Crippen LogP contribution in [-0.4, -0.2) is 45.2 Å². The molecule has 0 saturated heterocycles. The normalized spacial score (nSPS) is 15.0. The molecule has 0 N–H and O–H groups in total. The lowest BCUT2D eigenvalue weighted by Crippen LogP contribution is -2.52. The second kappa shape index (κ2) is 7.72. The van der Waals surface area contributed by atoms with Gasteiger partial charge in [0.05, 0.1) is 0 Å². The van der Waals surface area contributed by atoms with E-state index in [0.29, 0.717) is 11.8 Å². The molecule has 6 nitrogen and oxygen atoms in total. The first-order valence-electron chi connectivity index (χ1n) is 7.81. The zero-order valence-electron chi connectivity index (χ0n) is 14.4. The fourth-order valence-electron chi connectivity index (χ4n) is 2.76. The molecule has 0 aliphatic rings. The number of Topliss-reactive ketones (excluding diaryl/α,β-unsaturated/α-hetero) is 1. The molecule has 0 aliphatic heterocycles. The van der Waals surface area contributed by atoms with Crippen LogP contribution in [0.2, 0.25) is 0 Å². The summed E-state index contributed by atoms with van der Waals surface area (Å²) in [6, 6.07) is 15.5. The quantitative estimate of drug-likeness (QED) is 0.517. The fourth-order valence-corrected chi connectivity index (χ4v) is 4.27. The molecule has 2 aromatic rings. The van der Waals surface area contributed by atoms with Crippen molar-refractivity contribution in [2.24, 2.45) is 0 Å². The number of carbonyl (C=O) groups is 3. The third-order valence-corrected chi connectivity index (χ3v) is 6.51. The van der Waals surface area contributed by atoms with E-state index in [1.807, 2.05) is 0 Å². The molecule has 0 fully saturated rings. The van der Waals surface area contributed by atoms with Crippen molar-refractivity contribution in [3.05, 3.63) is 71.8 Å². The molecule has 7 heteroatoms. The van der Waals surface area contributed by atoms with Gasteiger partial charge in [0.1, 0.15) is 12.2 Å². The molecule has 0 radical (unpaired) electrons. The van der Waals surface area contributed by atoms with Crippen molar-refractivity contribution in [2.75, 3.05) is 14.1 Å². The SMILES string of the molecule is CN(C)S(=O)(=O)C(C=O)(C(=O)C(C=O)c1ccccc1)c1ccccc1. The number of sulfonamides is 1. The average molecular weight is 373 g/mol. The van der Waals surface area contributed by atoms with E-state index in [1.165, 1.54) is 38.4 Å². The molecule has 0 bridgehead atoms. The summed E-state index contributed by atoms with van der Waals surface area (Å²) >= 11 is 0. The number of hydrogen-bond acceptors (Lipinski definition) is 5. The van der Waals surface area contributed by atoms with Crippen LogP contribution in [0.3, 0.4) is 0 Å². The monoisotopic (exact) mass is 373 g/mol. The standard InChI is InChI=1S/C19H19NO5S/c1-20(2)26(24,25)19(14-22,16-11-7-4-8-12-16)18(23)17(13-21)15-9-5-3-6-10-15/h3-14,17H,1-2H3. The molecule has 0 saturated carbocycles. The Morgan fingerprint density at radius 1 is 0.962 bits per heavy atom. The number of carbonyl (C=O) groups excluding carboxylic acids is 3. The lowest BCUT2D eigenvalue weighted by Gasteiger charge is -2.31. The van der Waals surface area contributed by atoms with Crippen molar-refractivity contribution >= 4 is 28.4 Å². The molecule has 0 amide bonds. The summed E-state index contributed by atoms with van der Waals surface area (Å²) in [6.07, 6.45) is 0.476. The van der Waals surface area contributed by atoms with E-state index in [1.54, 1.807) is 36.4 Å². The fraction of sp³-hybridized carbons (Fsp3) is 0.211. The van der Waals surface area contributed by atoms with Gasteiger partial charge in [0.25, 0.3) is 0 Å². The Hall–Kier alpha value is -2.64. The Balaban J connectivity index is 2.78. The van der Waals surface area contributed by atoms with Gasteiger partial charge in [0.2, 0.25) is 14.8 Å². The maximum atomic E-state index is 13.3. The third-order valence-electron chi connectivity index (χ3n) is 4.20. The minimum atomic E-state index is -4.41. The minimum Gasteiger partial charge on any atom is -0.302 e. The first kappa shape index (κ1) is 19.7. The molecule has 2 aromatic carbocycles. The molecule has 0 spiro atoms. The van der Waals surface area contributed by atoms with Crippen LogP contribution in [0, 0.1) is 0 Å². The van der Waals surface area contributed by atoms with Crippen LogP contribution >= 0.6 is 0 Å². The first-order valence-corrected chi connectivity index (χ1v) is 9.25. The maximum absolute atomic E-state index is 13.3. The number of aldehydes is 2. The van der Waals surface area contributed by atoms with Crippen molar-refractivity contribution < 1.29 is 22.8 Å². The van der Waals surface area contributed by atoms with Crippen LogP contribution in [0.15, 0.2) is 60.7 Å². The lowest BCUT2D eigenvalue weighted by atomic mass is 9.84. The molecule has 136 valence electrons. The molecule has 0 heterocycles. The molecular weight excluding hydrogens is 354 g/mol. The van der Waals surface area contributed by atoms with E-state index < -0.39 is 26.5 Å². The van der Waals surface area contributed by atoms with Crippen LogP contribution in [-0.2, 0) is 29.2 Å². The van der Waals surface area contributed by atoms with Gasteiger partial charge in [-0.05, 0) is 11.1 Å². The molecule has 2 rings (SSSR count). The van der Waals surface area contributed by atoms with Gasteiger partial charge in [-0.2, -0.15) is 0 Å². The van der Waals surface area contributed by atoms with Gasteiger partial charge in [-0.15, -0.1) is 0 Å². The Morgan fingerprint density at radius 3 is 1.88 bits per heavy atom. The van der Waals surface area contributed by atoms with Crippen LogP contribution < -0.4 is 0 Å². The summed E-state index contributed by atoms with van der Waals surface area (Å²) in [5.74, 6) is -2.40. The van der Waals surface area contributed by atoms with Crippen LogP contribution in [0.25, 0.3) is 0 Å². The Bertz CT molecular complexity index is 894. The zero-order valence-corrected chi connectivity index (χ0v) is 15.2. The van der Waals surface area contributed by atoms with Crippen LogP contribution in [0.4, 0.5) is 0 Å². The summed E-state index contributed by atoms with van der Waals surface area (Å²) in [5, 5.41) is 0. The average Bonchev–Trinajstić information content (AvgIpc) is 2.65. The molecule has 26 heavy (non-hydrogen) atoms. The van der Waals surface area contributed by atoms with Crippen LogP contribution in [0.1, 0.15) is 17.0 Å². The van der Waals surface area contributed by atoms with Gasteiger partial charge in [-0.1, -0.05) is 60.7 Å². The molecule has 2 unspecified atom stereocenters. The highest BCUT2D eigenvalue weighted by Gasteiger charge is 2.55. The second-order valence-electron chi connectivity index (χ2n) is 5.90. The molecule has 0 aromatic heterocycles. The van der Waals surface area contributed by atoms with Crippen LogP contribution in [0.5, 0.6) is 0 Å².